The summed E-state index contributed by atoms with van der Waals surface area (Å²) in [5.41, 5.74) is 2.81. The molecule has 0 spiro atoms. The monoisotopic (exact) mass is 247 g/mol. The molecule has 1 rings (SSSR count). The molecule has 0 fully saturated rings. The Balaban J connectivity index is 2.35. The fourth-order valence-electron chi connectivity index (χ4n) is 2.55. The molecule has 2 atom stereocenters. The van der Waals surface area contributed by atoms with Crippen LogP contribution in [-0.2, 0) is 0 Å². The lowest BCUT2D eigenvalue weighted by molar-refractivity contribution is 0.437. The van der Waals surface area contributed by atoms with E-state index in [4.69, 9.17) is 0 Å². The SMILES string of the molecule is CCCCCCC(C)N[C@@H](C)c1ccccc1C. The first kappa shape index (κ1) is 15.2. The largest absolute Gasteiger partial charge is 0.308 e. The van der Waals surface area contributed by atoms with E-state index < -0.39 is 0 Å². The highest BCUT2D eigenvalue weighted by Gasteiger charge is 2.10. The van der Waals surface area contributed by atoms with Crippen molar-refractivity contribution in [3.05, 3.63) is 35.4 Å². The zero-order valence-corrected chi connectivity index (χ0v) is 12.5. The Morgan fingerprint density at radius 1 is 1.06 bits per heavy atom. The zero-order valence-electron chi connectivity index (χ0n) is 12.5. The molecule has 0 heterocycles. The van der Waals surface area contributed by atoms with Crippen LogP contribution in [0.5, 0.6) is 0 Å². The first-order valence-electron chi connectivity index (χ1n) is 7.46. The molecule has 18 heavy (non-hydrogen) atoms. The fourth-order valence-corrected chi connectivity index (χ4v) is 2.55. The Labute approximate surface area is 113 Å². The lowest BCUT2D eigenvalue weighted by Gasteiger charge is -2.21. The Hall–Kier alpha value is -0.820. The quantitative estimate of drug-likeness (QED) is 0.637. The first-order valence-corrected chi connectivity index (χ1v) is 7.46. The van der Waals surface area contributed by atoms with Crippen molar-refractivity contribution in [3.63, 3.8) is 0 Å². The highest BCUT2D eigenvalue weighted by molar-refractivity contribution is 5.28. The molecule has 1 unspecified atom stereocenters. The zero-order chi connectivity index (χ0) is 13.4. The molecule has 0 aliphatic carbocycles. The molecule has 102 valence electrons. The third-order valence-corrected chi connectivity index (χ3v) is 3.68. The topological polar surface area (TPSA) is 12.0 Å². The van der Waals surface area contributed by atoms with E-state index in [-0.39, 0.29) is 0 Å². The van der Waals surface area contributed by atoms with E-state index in [2.05, 4.69) is 57.3 Å². The van der Waals surface area contributed by atoms with Gasteiger partial charge in [-0.25, -0.2) is 0 Å². The van der Waals surface area contributed by atoms with E-state index in [1.807, 2.05) is 0 Å². The van der Waals surface area contributed by atoms with Crippen LogP contribution >= 0.6 is 0 Å². The summed E-state index contributed by atoms with van der Waals surface area (Å²) in [4.78, 5) is 0. The van der Waals surface area contributed by atoms with Gasteiger partial charge in [0.25, 0.3) is 0 Å². The Kier molecular flexibility index (Phi) is 7.04. The van der Waals surface area contributed by atoms with Gasteiger partial charge in [0.05, 0.1) is 0 Å². The minimum absolute atomic E-state index is 0.451. The number of aryl methyl sites for hydroxylation is 1. The number of hydrogen-bond donors (Lipinski definition) is 1. The first-order chi connectivity index (χ1) is 8.65. The summed E-state index contributed by atoms with van der Waals surface area (Å²) < 4.78 is 0. The van der Waals surface area contributed by atoms with Crippen molar-refractivity contribution in [2.24, 2.45) is 0 Å². The summed E-state index contributed by atoms with van der Waals surface area (Å²) in [5, 5.41) is 3.71. The number of rotatable bonds is 8. The Bertz CT molecular complexity index is 332. The summed E-state index contributed by atoms with van der Waals surface area (Å²) in [6, 6.07) is 9.73. The highest BCUT2D eigenvalue weighted by atomic mass is 14.9. The van der Waals surface area contributed by atoms with Crippen molar-refractivity contribution in [3.8, 4) is 0 Å². The second-order valence-corrected chi connectivity index (χ2v) is 5.50. The molecule has 1 aromatic carbocycles. The molecule has 0 bridgehead atoms. The van der Waals surface area contributed by atoms with E-state index in [1.54, 1.807) is 0 Å². The van der Waals surface area contributed by atoms with E-state index >= 15 is 0 Å². The van der Waals surface area contributed by atoms with Gasteiger partial charge in [-0.1, -0.05) is 56.9 Å². The van der Waals surface area contributed by atoms with Gasteiger partial charge in [-0.2, -0.15) is 0 Å². The van der Waals surface area contributed by atoms with Gasteiger partial charge in [0.15, 0.2) is 0 Å². The molecule has 1 N–H and O–H groups in total. The molecule has 1 heteroatoms. The second-order valence-electron chi connectivity index (χ2n) is 5.50. The molecular weight excluding hydrogens is 218 g/mol. The van der Waals surface area contributed by atoms with E-state index in [1.165, 1.54) is 43.2 Å². The summed E-state index contributed by atoms with van der Waals surface area (Å²) in [6.07, 6.45) is 6.71. The fraction of sp³-hybridized carbons (Fsp3) is 0.647. The van der Waals surface area contributed by atoms with Crippen LogP contribution in [0.1, 0.15) is 70.0 Å². The highest BCUT2D eigenvalue weighted by Crippen LogP contribution is 2.18. The Morgan fingerprint density at radius 2 is 1.78 bits per heavy atom. The molecule has 1 aromatic rings. The van der Waals surface area contributed by atoms with Gasteiger partial charge >= 0.3 is 0 Å². The summed E-state index contributed by atoms with van der Waals surface area (Å²) in [6.45, 7) is 9.03. The minimum atomic E-state index is 0.451. The summed E-state index contributed by atoms with van der Waals surface area (Å²) >= 11 is 0. The normalized spacial score (nSPS) is 14.4. The van der Waals surface area contributed by atoms with Crippen LogP contribution in [0.15, 0.2) is 24.3 Å². The predicted octanol–water partition coefficient (Wildman–Crippen LogP) is 5.00. The van der Waals surface area contributed by atoms with Crippen molar-refractivity contribution in [2.75, 3.05) is 0 Å². The van der Waals surface area contributed by atoms with Crippen LogP contribution < -0.4 is 5.32 Å². The third-order valence-electron chi connectivity index (χ3n) is 3.68. The van der Waals surface area contributed by atoms with E-state index in [9.17, 15) is 0 Å². The van der Waals surface area contributed by atoms with E-state index in [0.29, 0.717) is 12.1 Å². The van der Waals surface area contributed by atoms with Gasteiger partial charge in [0, 0.05) is 12.1 Å². The van der Waals surface area contributed by atoms with Crippen molar-refractivity contribution >= 4 is 0 Å². The van der Waals surface area contributed by atoms with E-state index in [0.717, 1.165) is 0 Å². The summed E-state index contributed by atoms with van der Waals surface area (Å²) in [7, 11) is 0. The van der Waals surface area contributed by atoms with Gasteiger partial charge < -0.3 is 5.32 Å². The molecule has 0 aliphatic rings. The van der Waals surface area contributed by atoms with Crippen molar-refractivity contribution in [2.45, 2.75) is 71.9 Å². The van der Waals surface area contributed by atoms with Crippen molar-refractivity contribution in [1.82, 2.24) is 5.32 Å². The smallest absolute Gasteiger partial charge is 0.0296 e. The lowest BCUT2D eigenvalue weighted by Crippen LogP contribution is -2.29. The van der Waals surface area contributed by atoms with Crippen LogP contribution in [0.4, 0.5) is 0 Å². The van der Waals surface area contributed by atoms with Crippen LogP contribution in [0.2, 0.25) is 0 Å². The second kappa shape index (κ2) is 8.31. The van der Waals surface area contributed by atoms with Crippen LogP contribution in [-0.4, -0.2) is 6.04 Å². The Morgan fingerprint density at radius 3 is 2.44 bits per heavy atom. The predicted molar refractivity (Wildman–Crippen MR) is 81.0 cm³/mol. The van der Waals surface area contributed by atoms with Crippen molar-refractivity contribution in [1.29, 1.82) is 0 Å². The number of unbranched alkanes of at least 4 members (excludes halogenated alkanes) is 3. The van der Waals surface area contributed by atoms with Gasteiger partial charge in [-0.3, -0.25) is 0 Å². The minimum Gasteiger partial charge on any atom is -0.308 e. The molecule has 0 aliphatic heterocycles. The van der Waals surface area contributed by atoms with Crippen LogP contribution in [0, 0.1) is 6.92 Å². The maximum absolute atomic E-state index is 3.71. The third kappa shape index (κ3) is 5.22. The van der Waals surface area contributed by atoms with Crippen LogP contribution in [0.3, 0.4) is 0 Å². The van der Waals surface area contributed by atoms with Gasteiger partial charge in [-0.15, -0.1) is 0 Å². The lowest BCUT2D eigenvalue weighted by atomic mass is 10.0. The molecule has 1 nitrogen and oxygen atoms in total. The van der Waals surface area contributed by atoms with Gasteiger partial charge in [-0.05, 0) is 38.3 Å². The standard InChI is InChI=1S/C17H29N/c1-5-6-7-8-12-15(3)18-16(4)17-13-10-9-11-14(17)2/h9-11,13,15-16,18H,5-8,12H2,1-4H3/t15?,16-/m0/s1. The molecule has 0 radical (unpaired) electrons. The number of nitrogens with one attached hydrogen (secondary N) is 1. The number of hydrogen-bond acceptors (Lipinski definition) is 1. The average molecular weight is 247 g/mol. The van der Waals surface area contributed by atoms with Crippen LogP contribution in [0.25, 0.3) is 0 Å². The maximum atomic E-state index is 3.71. The number of benzene rings is 1. The molecule has 0 aromatic heterocycles. The van der Waals surface area contributed by atoms with Gasteiger partial charge in [0.2, 0.25) is 0 Å². The van der Waals surface area contributed by atoms with Crippen molar-refractivity contribution < 1.29 is 0 Å². The molecule has 0 amide bonds. The average Bonchev–Trinajstić information content (AvgIpc) is 2.35. The molecular formula is C17H29N. The maximum Gasteiger partial charge on any atom is 0.0296 e. The molecule has 0 saturated carbocycles. The van der Waals surface area contributed by atoms with Gasteiger partial charge in [0.1, 0.15) is 0 Å². The molecule has 0 saturated heterocycles. The summed E-state index contributed by atoms with van der Waals surface area (Å²) in [5.74, 6) is 0.